The van der Waals surface area contributed by atoms with Gasteiger partial charge in [-0.15, -0.1) is 0 Å². The lowest BCUT2D eigenvalue weighted by Crippen LogP contribution is -2.12. The minimum atomic E-state index is -0.126. The highest BCUT2D eigenvalue weighted by Crippen LogP contribution is 2.53. The zero-order valence-corrected chi connectivity index (χ0v) is 39.5. The van der Waals surface area contributed by atoms with Gasteiger partial charge in [-0.05, 0) is 163 Å². The van der Waals surface area contributed by atoms with Crippen LogP contribution in [0.4, 0.5) is 0 Å². The van der Waals surface area contributed by atoms with Crippen molar-refractivity contribution in [3.8, 4) is 56.0 Å². The highest BCUT2D eigenvalue weighted by Gasteiger charge is 2.28. The maximum atomic E-state index is 5.77. The van der Waals surface area contributed by atoms with Crippen molar-refractivity contribution in [1.82, 2.24) is 0 Å². The van der Waals surface area contributed by atoms with Crippen LogP contribution in [0.15, 0.2) is 133 Å². The van der Waals surface area contributed by atoms with E-state index >= 15 is 0 Å². The molecular weight excluding hydrogens is 753 g/mol. The van der Waals surface area contributed by atoms with E-state index in [4.69, 9.17) is 9.47 Å². The Morgan fingerprint density at radius 2 is 0.677 bits per heavy atom. The van der Waals surface area contributed by atoms with E-state index in [0.717, 1.165) is 22.6 Å². The largest absolute Gasteiger partial charge is 0.497 e. The monoisotopic (exact) mass is 816 g/mol. The molecule has 0 aromatic heterocycles. The lowest BCUT2D eigenvalue weighted by molar-refractivity contribution is 0.415. The summed E-state index contributed by atoms with van der Waals surface area (Å²) in [6, 6.07) is 50.8. The van der Waals surface area contributed by atoms with Gasteiger partial charge in [-0.2, -0.15) is 0 Å². The third-order valence-electron chi connectivity index (χ3n) is 12.9. The molecule has 0 N–H and O–H groups in total. The average molecular weight is 817 g/mol. The van der Waals surface area contributed by atoms with Gasteiger partial charge >= 0.3 is 0 Å². The number of hydrogen-bond acceptors (Lipinski definition) is 2. The van der Waals surface area contributed by atoms with Crippen molar-refractivity contribution in [2.45, 2.75) is 105 Å². The topological polar surface area (TPSA) is 18.5 Å². The molecule has 0 amide bonds. The number of ether oxygens (including phenoxy) is 2. The molecule has 316 valence electrons. The molecular formula is C60H64O2. The van der Waals surface area contributed by atoms with E-state index in [0.29, 0.717) is 0 Å². The highest BCUT2D eigenvalue weighted by atomic mass is 16.5. The van der Waals surface area contributed by atoms with Crippen molar-refractivity contribution >= 4 is 32.3 Å². The van der Waals surface area contributed by atoms with Crippen LogP contribution in [-0.2, 0) is 21.7 Å². The summed E-state index contributed by atoms with van der Waals surface area (Å²) < 4.78 is 11.5. The Morgan fingerprint density at radius 1 is 0.306 bits per heavy atom. The second kappa shape index (κ2) is 15.5. The van der Waals surface area contributed by atoms with Gasteiger partial charge in [0, 0.05) is 0 Å². The van der Waals surface area contributed by atoms with Crippen LogP contribution < -0.4 is 9.47 Å². The number of fused-ring (bicyclic) bond motifs is 3. The molecule has 0 unspecified atom stereocenters. The number of methoxy groups -OCH3 is 2. The molecule has 8 rings (SSSR count). The Bertz CT molecular complexity index is 2940. The molecule has 62 heavy (non-hydrogen) atoms. The summed E-state index contributed by atoms with van der Waals surface area (Å²) in [5, 5.41) is 7.41. The molecule has 0 aliphatic rings. The summed E-state index contributed by atoms with van der Waals surface area (Å²) in [6.45, 7) is 27.7. The van der Waals surface area contributed by atoms with Gasteiger partial charge < -0.3 is 9.47 Å². The van der Waals surface area contributed by atoms with Crippen LogP contribution in [0.5, 0.6) is 11.5 Å². The van der Waals surface area contributed by atoms with E-state index in [1.54, 1.807) is 14.2 Å². The summed E-state index contributed by atoms with van der Waals surface area (Å²) in [4.78, 5) is 0. The van der Waals surface area contributed by atoms with Crippen LogP contribution in [-0.4, -0.2) is 14.2 Å². The van der Waals surface area contributed by atoms with Crippen molar-refractivity contribution in [2.75, 3.05) is 14.2 Å². The minimum absolute atomic E-state index is 0.0239. The van der Waals surface area contributed by atoms with Crippen LogP contribution in [0.1, 0.15) is 105 Å². The molecule has 0 heterocycles. The van der Waals surface area contributed by atoms with Crippen LogP contribution in [0.2, 0.25) is 0 Å². The lowest BCUT2D eigenvalue weighted by Gasteiger charge is -2.28. The smallest absolute Gasteiger partial charge is 0.118 e. The molecule has 0 fully saturated rings. The fraction of sp³-hybridized carbons (Fsp3) is 0.300. The molecule has 0 aliphatic carbocycles. The lowest BCUT2D eigenvalue weighted by atomic mass is 9.76. The van der Waals surface area contributed by atoms with E-state index in [1.165, 1.54) is 88.0 Å². The third kappa shape index (κ3) is 7.90. The SMILES string of the molecule is COc1ccc(-c2c3cc4cc(C(C)(C)C)ccc4c(-c4ccc(C(C)(C)C)cc4)c3c(-c3ccc(OC)cc3)c3cc(C(C)(C)C)cc(-c4ccc(C(C)(C)C)cc4)c23)cc1. The van der Waals surface area contributed by atoms with Gasteiger partial charge in [0.05, 0.1) is 14.2 Å². The van der Waals surface area contributed by atoms with Crippen molar-refractivity contribution in [2.24, 2.45) is 0 Å². The van der Waals surface area contributed by atoms with Gasteiger partial charge in [0.25, 0.3) is 0 Å². The Balaban J connectivity index is 1.69. The normalized spacial score (nSPS) is 12.7. The molecule has 8 aromatic carbocycles. The van der Waals surface area contributed by atoms with Gasteiger partial charge in [0.2, 0.25) is 0 Å². The molecule has 0 atom stereocenters. The van der Waals surface area contributed by atoms with Gasteiger partial charge in [0.15, 0.2) is 0 Å². The molecule has 0 bridgehead atoms. The van der Waals surface area contributed by atoms with Crippen molar-refractivity contribution in [3.05, 3.63) is 156 Å². The van der Waals surface area contributed by atoms with Gasteiger partial charge in [0.1, 0.15) is 11.5 Å². The third-order valence-corrected chi connectivity index (χ3v) is 12.9. The molecule has 2 heteroatoms. The van der Waals surface area contributed by atoms with Crippen LogP contribution >= 0.6 is 0 Å². The predicted octanol–water partition coefficient (Wildman–Crippen LogP) is 17.0. The fourth-order valence-electron chi connectivity index (χ4n) is 9.07. The summed E-state index contributed by atoms with van der Waals surface area (Å²) >= 11 is 0. The highest BCUT2D eigenvalue weighted by molar-refractivity contribution is 6.31. The number of hydrogen-bond donors (Lipinski definition) is 0. The Morgan fingerprint density at radius 3 is 1.11 bits per heavy atom. The number of rotatable bonds is 6. The first-order valence-corrected chi connectivity index (χ1v) is 22.2. The molecule has 0 spiro atoms. The molecule has 2 nitrogen and oxygen atoms in total. The first-order chi connectivity index (χ1) is 29.2. The predicted molar refractivity (Wildman–Crippen MR) is 269 cm³/mol. The summed E-state index contributed by atoms with van der Waals surface area (Å²) in [5.41, 5.74) is 14.8. The van der Waals surface area contributed by atoms with Crippen LogP contribution in [0.25, 0.3) is 76.8 Å². The second-order valence-electron chi connectivity index (χ2n) is 21.4. The summed E-state index contributed by atoms with van der Waals surface area (Å²) in [7, 11) is 3.49. The maximum absolute atomic E-state index is 5.77. The molecule has 0 saturated heterocycles. The first kappa shape index (κ1) is 42.8. The van der Waals surface area contributed by atoms with Crippen molar-refractivity contribution in [1.29, 1.82) is 0 Å². The van der Waals surface area contributed by atoms with E-state index in [2.05, 4.69) is 217 Å². The summed E-state index contributed by atoms with van der Waals surface area (Å²) in [6.07, 6.45) is 0. The Hall–Kier alpha value is -5.86. The van der Waals surface area contributed by atoms with E-state index in [1.807, 2.05) is 0 Å². The average Bonchev–Trinajstić information content (AvgIpc) is 3.23. The first-order valence-electron chi connectivity index (χ1n) is 22.2. The Labute approximate surface area is 371 Å². The quantitative estimate of drug-likeness (QED) is 0.156. The Kier molecular flexibility index (Phi) is 10.7. The zero-order valence-electron chi connectivity index (χ0n) is 39.5. The van der Waals surface area contributed by atoms with E-state index in [-0.39, 0.29) is 21.7 Å². The maximum Gasteiger partial charge on any atom is 0.118 e. The van der Waals surface area contributed by atoms with E-state index in [9.17, 15) is 0 Å². The molecule has 8 aromatic rings. The van der Waals surface area contributed by atoms with Crippen molar-refractivity contribution < 1.29 is 9.47 Å². The molecule has 0 aliphatic heterocycles. The van der Waals surface area contributed by atoms with Crippen LogP contribution in [0.3, 0.4) is 0 Å². The molecule has 0 saturated carbocycles. The fourth-order valence-corrected chi connectivity index (χ4v) is 9.07. The van der Waals surface area contributed by atoms with Gasteiger partial charge in [-0.1, -0.05) is 174 Å². The standard InChI is InChI=1S/C60H64O2/c1-57(2,3)42-23-15-37(16-24-42)49-35-45(60(10,11)12)36-51-54(40-21-30-47(62-14)31-22-40)56-50(53(55(49)51)39-19-28-46(61-13)29-20-39)34-41-33-44(59(7,8)9)27-32-48(41)52(56)38-17-25-43(26-18-38)58(4,5)6/h15-36H,1-14H3. The van der Waals surface area contributed by atoms with Crippen molar-refractivity contribution in [3.63, 3.8) is 0 Å². The number of benzene rings is 8. The molecule has 0 radical (unpaired) electrons. The van der Waals surface area contributed by atoms with E-state index < -0.39 is 0 Å². The second-order valence-corrected chi connectivity index (χ2v) is 21.4. The van der Waals surface area contributed by atoms with Crippen LogP contribution in [0, 0.1) is 0 Å². The van der Waals surface area contributed by atoms with Gasteiger partial charge in [-0.3, -0.25) is 0 Å². The van der Waals surface area contributed by atoms with Gasteiger partial charge in [-0.25, -0.2) is 0 Å². The summed E-state index contributed by atoms with van der Waals surface area (Å²) in [5.74, 6) is 1.68. The zero-order chi connectivity index (χ0) is 44.5. The minimum Gasteiger partial charge on any atom is -0.497 e.